The molecule has 2 saturated carbocycles. The molecule has 0 unspecified atom stereocenters. The number of amides is 1. The zero-order chi connectivity index (χ0) is 16.7. The molecule has 0 spiro atoms. The van der Waals surface area contributed by atoms with E-state index >= 15 is 0 Å². The number of carbonyl (C=O) groups is 1. The summed E-state index contributed by atoms with van der Waals surface area (Å²) in [6.07, 6.45) is 5.41. The van der Waals surface area contributed by atoms with Gasteiger partial charge in [-0.1, -0.05) is 30.3 Å². The van der Waals surface area contributed by atoms with E-state index in [0.717, 1.165) is 22.9 Å². The van der Waals surface area contributed by atoms with Crippen LogP contribution >= 0.6 is 11.8 Å². The van der Waals surface area contributed by atoms with Crippen LogP contribution < -0.4 is 5.32 Å². The van der Waals surface area contributed by atoms with Crippen LogP contribution in [0.1, 0.15) is 39.5 Å². The van der Waals surface area contributed by atoms with Crippen molar-refractivity contribution in [2.45, 2.75) is 56.0 Å². The molecule has 1 N–H and O–H groups in total. The maximum atomic E-state index is 12.5. The van der Waals surface area contributed by atoms with Gasteiger partial charge in [0.25, 0.3) is 5.22 Å². The van der Waals surface area contributed by atoms with E-state index in [4.69, 9.17) is 4.42 Å². The fourth-order valence-corrected chi connectivity index (χ4v) is 5.23. The summed E-state index contributed by atoms with van der Waals surface area (Å²) in [6.45, 7) is 4.09. The molecule has 0 aliphatic heterocycles. The number of nitrogens with zero attached hydrogens (tertiary/aromatic N) is 1. The predicted octanol–water partition coefficient (Wildman–Crippen LogP) is 4.25. The number of aromatic nitrogens is 1. The van der Waals surface area contributed by atoms with Gasteiger partial charge < -0.3 is 9.73 Å². The summed E-state index contributed by atoms with van der Waals surface area (Å²) in [5.74, 6) is 2.47. The molecule has 1 aromatic carbocycles. The minimum atomic E-state index is -0.209. The Balaban J connectivity index is 1.35. The lowest BCUT2D eigenvalue weighted by atomic mass is 9.84. The Morgan fingerprint density at radius 1 is 1.29 bits per heavy atom. The largest absolute Gasteiger partial charge is 0.431 e. The Morgan fingerprint density at radius 3 is 2.83 bits per heavy atom. The van der Waals surface area contributed by atoms with Crippen LogP contribution in [0.4, 0.5) is 0 Å². The standard InChI is InChI=1S/C19H24N2O2S/c1-11(15-10-13-7-8-14(15)9-13)20-18(22)12(2)24-19-21-16-5-3-4-6-17(16)23-19/h3-6,11-15H,7-10H2,1-2H3,(H,20,22)/t11-,12-,13-,14-,15-/m0/s1. The van der Waals surface area contributed by atoms with E-state index in [2.05, 4.69) is 17.2 Å². The van der Waals surface area contributed by atoms with Crippen molar-refractivity contribution >= 4 is 28.8 Å². The van der Waals surface area contributed by atoms with Gasteiger partial charge in [-0.2, -0.15) is 0 Å². The Morgan fingerprint density at radius 2 is 2.12 bits per heavy atom. The number of carbonyl (C=O) groups excluding carboxylic acids is 1. The first-order chi connectivity index (χ1) is 11.6. The summed E-state index contributed by atoms with van der Waals surface area (Å²) in [5.41, 5.74) is 1.60. The summed E-state index contributed by atoms with van der Waals surface area (Å²) < 4.78 is 5.71. The predicted molar refractivity (Wildman–Crippen MR) is 95.9 cm³/mol. The van der Waals surface area contributed by atoms with Crippen LogP contribution in [0.2, 0.25) is 0 Å². The summed E-state index contributed by atoms with van der Waals surface area (Å²) in [6, 6.07) is 7.94. The number of fused-ring (bicyclic) bond motifs is 3. The lowest BCUT2D eigenvalue weighted by Gasteiger charge is -2.29. The third-order valence-corrected chi connectivity index (χ3v) is 6.67. The molecule has 128 valence electrons. The second-order valence-corrected chi connectivity index (χ2v) is 8.64. The zero-order valence-electron chi connectivity index (χ0n) is 14.2. The second-order valence-electron chi connectivity index (χ2n) is 7.34. The number of para-hydroxylation sites is 2. The molecular weight excluding hydrogens is 320 g/mol. The molecule has 5 atom stereocenters. The molecule has 2 aliphatic carbocycles. The SMILES string of the molecule is C[C@H](Sc1nc2ccccc2o1)C(=O)N[C@@H](C)[C@@H]1C[C@H]2CC[C@H]1C2. The smallest absolute Gasteiger partial charge is 0.257 e. The van der Waals surface area contributed by atoms with Crippen molar-refractivity contribution in [2.24, 2.45) is 17.8 Å². The Labute approximate surface area is 146 Å². The normalized spacial score (nSPS) is 28.2. The van der Waals surface area contributed by atoms with E-state index in [-0.39, 0.29) is 17.2 Å². The molecule has 1 heterocycles. The van der Waals surface area contributed by atoms with E-state index in [1.807, 2.05) is 31.2 Å². The maximum absolute atomic E-state index is 12.5. The van der Waals surface area contributed by atoms with Gasteiger partial charge in [-0.15, -0.1) is 0 Å². The summed E-state index contributed by atoms with van der Waals surface area (Å²) in [7, 11) is 0. The number of nitrogens with one attached hydrogen (secondary N) is 1. The fraction of sp³-hybridized carbons (Fsp3) is 0.579. The molecular formula is C19H24N2O2S. The molecule has 2 aromatic rings. The van der Waals surface area contributed by atoms with Crippen molar-refractivity contribution < 1.29 is 9.21 Å². The molecule has 2 fully saturated rings. The molecule has 1 aromatic heterocycles. The molecule has 2 bridgehead atoms. The minimum absolute atomic E-state index is 0.0810. The molecule has 0 radical (unpaired) electrons. The van der Waals surface area contributed by atoms with Crippen LogP contribution in [-0.2, 0) is 4.79 Å². The van der Waals surface area contributed by atoms with Crippen LogP contribution in [-0.4, -0.2) is 22.2 Å². The van der Waals surface area contributed by atoms with Gasteiger partial charge in [-0.05, 0) is 63.0 Å². The van der Waals surface area contributed by atoms with E-state index in [0.29, 0.717) is 11.1 Å². The lowest BCUT2D eigenvalue weighted by molar-refractivity contribution is -0.121. The van der Waals surface area contributed by atoms with Crippen LogP contribution in [0.25, 0.3) is 11.1 Å². The van der Waals surface area contributed by atoms with Crippen LogP contribution in [0, 0.1) is 17.8 Å². The molecule has 4 rings (SSSR count). The van der Waals surface area contributed by atoms with Crippen molar-refractivity contribution in [3.63, 3.8) is 0 Å². The topological polar surface area (TPSA) is 55.1 Å². The highest BCUT2D eigenvalue weighted by Crippen LogP contribution is 2.49. The van der Waals surface area contributed by atoms with Gasteiger partial charge in [0.15, 0.2) is 5.58 Å². The van der Waals surface area contributed by atoms with Crippen LogP contribution in [0.5, 0.6) is 0 Å². The zero-order valence-corrected chi connectivity index (χ0v) is 15.0. The third-order valence-electron chi connectivity index (χ3n) is 5.73. The Hall–Kier alpha value is -1.49. The summed E-state index contributed by atoms with van der Waals surface area (Å²) in [5, 5.41) is 3.58. The van der Waals surface area contributed by atoms with Gasteiger partial charge in [0, 0.05) is 6.04 Å². The molecule has 1 amide bonds. The average molecular weight is 344 g/mol. The quantitative estimate of drug-likeness (QED) is 0.824. The van der Waals surface area contributed by atoms with E-state index in [1.165, 1.54) is 37.4 Å². The van der Waals surface area contributed by atoms with Crippen LogP contribution in [0.3, 0.4) is 0 Å². The van der Waals surface area contributed by atoms with Gasteiger partial charge in [0.2, 0.25) is 5.91 Å². The van der Waals surface area contributed by atoms with Gasteiger partial charge in [-0.3, -0.25) is 4.79 Å². The molecule has 5 heteroatoms. The Bertz CT molecular complexity index is 711. The van der Waals surface area contributed by atoms with E-state index in [1.54, 1.807) is 0 Å². The third kappa shape index (κ3) is 3.06. The van der Waals surface area contributed by atoms with Gasteiger partial charge in [0.05, 0.1) is 5.25 Å². The number of hydrogen-bond donors (Lipinski definition) is 1. The van der Waals surface area contributed by atoms with Gasteiger partial charge in [0.1, 0.15) is 5.52 Å². The highest BCUT2D eigenvalue weighted by atomic mass is 32.2. The number of oxazole rings is 1. The highest BCUT2D eigenvalue weighted by Gasteiger charge is 2.42. The van der Waals surface area contributed by atoms with Crippen molar-refractivity contribution in [3.8, 4) is 0 Å². The second kappa shape index (κ2) is 6.43. The van der Waals surface area contributed by atoms with Crippen LogP contribution in [0.15, 0.2) is 33.9 Å². The lowest BCUT2D eigenvalue weighted by Crippen LogP contribution is -2.43. The van der Waals surface area contributed by atoms with Crippen molar-refractivity contribution in [3.05, 3.63) is 24.3 Å². The van der Waals surface area contributed by atoms with Gasteiger partial charge in [-0.25, -0.2) is 4.98 Å². The fourth-order valence-electron chi connectivity index (χ4n) is 4.46. The van der Waals surface area contributed by atoms with Crippen molar-refractivity contribution in [2.75, 3.05) is 0 Å². The first-order valence-electron chi connectivity index (χ1n) is 8.92. The van der Waals surface area contributed by atoms with Crippen molar-refractivity contribution in [1.29, 1.82) is 0 Å². The maximum Gasteiger partial charge on any atom is 0.257 e. The van der Waals surface area contributed by atoms with Gasteiger partial charge >= 0.3 is 0 Å². The monoisotopic (exact) mass is 344 g/mol. The first kappa shape index (κ1) is 16.0. The molecule has 4 nitrogen and oxygen atoms in total. The number of rotatable bonds is 5. The molecule has 24 heavy (non-hydrogen) atoms. The first-order valence-corrected chi connectivity index (χ1v) is 9.80. The number of benzene rings is 1. The average Bonchev–Trinajstić information content (AvgIpc) is 3.28. The molecule has 2 aliphatic rings. The highest BCUT2D eigenvalue weighted by molar-refractivity contribution is 8.00. The minimum Gasteiger partial charge on any atom is -0.431 e. The number of hydrogen-bond acceptors (Lipinski definition) is 4. The van der Waals surface area contributed by atoms with E-state index in [9.17, 15) is 4.79 Å². The molecule has 0 saturated heterocycles. The summed E-state index contributed by atoms with van der Waals surface area (Å²) >= 11 is 1.39. The number of thioether (sulfide) groups is 1. The summed E-state index contributed by atoms with van der Waals surface area (Å²) in [4.78, 5) is 17.0. The van der Waals surface area contributed by atoms with Crippen molar-refractivity contribution in [1.82, 2.24) is 10.3 Å². The Kier molecular flexibility index (Phi) is 4.29. The van der Waals surface area contributed by atoms with E-state index < -0.39 is 0 Å².